The Morgan fingerprint density at radius 3 is 2.56 bits per heavy atom. The number of halogens is 1. The van der Waals surface area contributed by atoms with Gasteiger partial charge >= 0.3 is 0 Å². The van der Waals surface area contributed by atoms with E-state index in [1.807, 2.05) is 60.8 Å². The van der Waals surface area contributed by atoms with E-state index in [-0.39, 0.29) is 0 Å². The molecule has 0 bridgehead atoms. The van der Waals surface area contributed by atoms with Gasteiger partial charge in [-0.25, -0.2) is 0 Å². The van der Waals surface area contributed by atoms with Crippen LogP contribution in [0.15, 0.2) is 59.6 Å². The summed E-state index contributed by atoms with van der Waals surface area (Å²) in [5, 5.41) is 4.13. The molecule has 0 saturated carbocycles. The number of nitrogens with zero attached hydrogens (tertiary/aromatic N) is 1. The van der Waals surface area contributed by atoms with E-state index in [4.69, 9.17) is 11.6 Å². The third-order valence-electron chi connectivity index (χ3n) is 2.78. The molecule has 0 saturated heterocycles. The number of fused-ring (bicyclic) bond motifs is 1. The summed E-state index contributed by atoms with van der Waals surface area (Å²) >= 11 is 5.90. The molecule has 3 heteroatoms. The Morgan fingerprint density at radius 2 is 1.72 bits per heavy atom. The maximum atomic E-state index is 5.90. The van der Waals surface area contributed by atoms with Crippen LogP contribution in [0.1, 0.15) is 5.56 Å². The summed E-state index contributed by atoms with van der Waals surface area (Å²) in [6.07, 6.45) is 3.77. The van der Waals surface area contributed by atoms with E-state index < -0.39 is 0 Å². The Bertz CT molecular complexity index is 627. The van der Waals surface area contributed by atoms with E-state index in [0.29, 0.717) is 0 Å². The second-order valence-electron chi connectivity index (χ2n) is 4.01. The van der Waals surface area contributed by atoms with Crippen molar-refractivity contribution in [3.8, 4) is 0 Å². The highest BCUT2D eigenvalue weighted by Crippen LogP contribution is 2.29. The first-order valence-electron chi connectivity index (χ1n) is 5.69. The number of para-hydroxylation sites is 2. The van der Waals surface area contributed by atoms with Crippen molar-refractivity contribution in [3.05, 3.63) is 65.2 Å². The second kappa shape index (κ2) is 4.67. The van der Waals surface area contributed by atoms with Crippen molar-refractivity contribution in [2.75, 3.05) is 5.32 Å². The summed E-state index contributed by atoms with van der Waals surface area (Å²) in [5.41, 5.74) is 4.05. The Hall–Kier alpha value is -2.06. The van der Waals surface area contributed by atoms with Crippen LogP contribution in [0.5, 0.6) is 0 Å². The third kappa shape index (κ3) is 2.15. The quantitative estimate of drug-likeness (QED) is 0.796. The van der Waals surface area contributed by atoms with Crippen LogP contribution in [-0.2, 0) is 0 Å². The molecule has 2 aromatic carbocycles. The van der Waals surface area contributed by atoms with Gasteiger partial charge in [-0.1, -0.05) is 35.9 Å². The van der Waals surface area contributed by atoms with E-state index in [0.717, 1.165) is 27.7 Å². The molecule has 88 valence electrons. The zero-order chi connectivity index (χ0) is 12.4. The van der Waals surface area contributed by atoms with E-state index in [2.05, 4.69) is 10.3 Å². The van der Waals surface area contributed by atoms with E-state index in [1.165, 1.54) is 0 Å². The highest BCUT2D eigenvalue weighted by molar-refractivity contribution is 6.30. The van der Waals surface area contributed by atoms with Gasteiger partial charge in [-0.15, -0.1) is 0 Å². The van der Waals surface area contributed by atoms with E-state index >= 15 is 0 Å². The van der Waals surface area contributed by atoms with Crippen molar-refractivity contribution in [1.82, 2.24) is 0 Å². The molecule has 1 N–H and O–H groups in total. The first-order valence-corrected chi connectivity index (χ1v) is 6.07. The van der Waals surface area contributed by atoms with Crippen LogP contribution in [0.3, 0.4) is 0 Å². The van der Waals surface area contributed by atoms with Gasteiger partial charge in [0.15, 0.2) is 0 Å². The predicted molar refractivity (Wildman–Crippen MR) is 77.6 cm³/mol. The molecule has 0 spiro atoms. The van der Waals surface area contributed by atoms with Gasteiger partial charge in [0.05, 0.1) is 11.4 Å². The summed E-state index contributed by atoms with van der Waals surface area (Å²) < 4.78 is 0. The minimum Gasteiger partial charge on any atom is -0.353 e. The van der Waals surface area contributed by atoms with Gasteiger partial charge in [-0.05, 0) is 35.9 Å². The average Bonchev–Trinajstić information content (AvgIpc) is 2.61. The molecule has 0 aromatic heterocycles. The number of rotatable bonds is 1. The fraction of sp³-hybridized carbons (Fsp3) is 0. The monoisotopic (exact) mass is 254 g/mol. The standard InChI is InChI=1S/C15H11ClN2/c16-12-7-5-11(6-8-12)13-9-10-17-14-3-1-2-4-15(14)18-13/h1-10,18H. The van der Waals surface area contributed by atoms with Crippen LogP contribution in [0.25, 0.3) is 5.70 Å². The molecular formula is C15H11ClN2. The van der Waals surface area contributed by atoms with Crippen LogP contribution < -0.4 is 5.32 Å². The van der Waals surface area contributed by atoms with Gasteiger partial charge in [-0.2, -0.15) is 0 Å². The van der Waals surface area contributed by atoms with Gasteiger partial charge in [0.25, 0.3) is 0 Å². The van der Waals surface area contributed by atoms with Crippen LogP contribution in [-0.4, -0.2) is 6.21 Å². The zero-order valence-corrected chi connectivity index (χ0v) is 10.4. The largest absolute Gasteiger partial charge is 0.353 e. The average molecular weight is 255 g/mol. The molecule has 0 radical (unpaired) electrons. The van der Waals surface area contributed by atoms with Crippen molar-refractivity contribution in [2.24, 2.45) is 4.99 Å². The van der Waals surface area contributed by atoms with Crippen LogP contribution in [0, 0.1) is 0 Å². The van der Waals surface area contributed by atoms with E-state index in [9.17, 15) is 0 Å². The molecule has 0 unspecified atom stereocenters. The normalized spacial score (nSPS) is 13.3. The molecule has 0 aliphatic carbocycles. The van der Waals surface area contributed by atoms with Crippen LogP contribution in [0.4, 0.5) is 11.4 Å². The number of allylic oxidation sites excluding steroid dienone is 1. The molecule has 0 atom stereocenters. The fourth-order valence-corrected chi connectivity index (χ4v) is 1.99. The maximum Gasteiger partial charge on any atom is 0.0864 e. The Kier molecular flexibility index (Phi) is 2.87. The van der Waals surface area contributed by atoms with Crippen molar-refractivity contribution in [3.63, 3.8) is 0 Å². The molecule has 18 heavy (non-hydrogen) atoms. The van der Waals surface area contributed by atoms with Crippen molar-refractivity contribution >= 4 is 34.9 Å². The summed E-state index contributed by atoms with van der Waals surface area (Å²) in [4.78, 5) is 4.39. The molecule has 1 aliphatic heterocycles. The van der Waals surface area contributed by atoms with Gasteiger partial charge in [0, 0.05) is 16.9 Å². The van der Waals surface area contributed by atoms with Gasteiger partial charge in [0.1, 0.15) is 0 Å². The van der Waals surface area contributed by atoms with E-state index in [1.54, 1.807) is 0 Å². The molecular weight excluding hydrogens is 244 g/mol. The van der Waals surface area contributed by atoms with Crippen LogP contribution >= 0.6 is 11.6 Å². The molecule has 2 nitrogen and oxygen atoms in total. The van der Waals surface area contributed by atoms with Gasteiger partial charge in [-0.3, -0.25) is 4.99 Å². The maximum absolute atomic E-state index is 5.90. The van der Waals surface area contributed by atoms with Gasteiger partial charge in [0.2, 0.25) is 0 Å². The summed E-state index contributed by atoms with van der Waals surface area (Å²) in [6, 6.07) is 15.7. The molecule has 2 aromatic rings. The van der Waals surface area contributed by atoms with Gasteiger partial charge < -0.3 is 5.32 Å². The number of hydrogen-bond acceptors (Lipinski definition) is 2. The minimum absolute atomic E-state index is 0.738. The molecule has 1 heterocycles. The smallest absolute Gasteiger partial charge is 0.0864 e. The lowest BCUT2D eigenvalue weighted by Crippen LogP contribution is -1.97. The van der Waals surface area contributed by atoms with Crippen molar-refractivity contribution < 1.29 is 0 Å². The Labute approximate surface area is 111 Å². The lowest BCUT2D eigenvalue weighted by molar-refractivity contribution is 1.50. The third-order valence-corrected chi connectivity index (χ3v) is 3.04. The number of benzene rings is 2. The second-order valence-corrected chi connectivity index (χ2v) is 4.44. The summed E-state index contributed by atoms with van der Waals surface area (Å²) in [6.45, 7) is 0. The van der Waals surface area contributed by atoms with Crippen LogP contribution in [0.2, 0.25) is 5.02 Å². The number of nitrogens with one attached hydrogen (secondary N) is 1. The highest BCUT2D eigenvalue weighted by atomic mass is 35.5. The lowest BCUT2D eigenvalue weighted by Gasteiger charge is -2.11. The first-order chi connectivity index (χ1) is 8.83. The fourth-order valence-electron chi connectivity index (χ4n) is 1.87. The van der Waals surface area contributed by atoms with Crippen molar-refractivity contribution in [2.45, 2.75) is 0 Å². The highest BCUT2D eigenvalue weighted by Gasteiger charge is 2.07. The topological polar surface area (TPSA) is 24.4 Å². The zero-order valence-electron chi connectivity index (χ0n) is 9.60. The molecule has 0 fully saturated rings. The molecule has 1 aliphatic rings. The summed E-state index contributed by atoms with van der Waals surface area (Å²) in [5.74, 6) is 0. The molecule has 0 amide bonds. The number of anilines is 1. The number of aliphatic imine (C=N–C) groups is 1. The SMILES string of the molecule is Clc1ccc(C2=CC=Nc3ccccc3N2)cc1. The Morgan fingerprint density at radius 1 is 0.944 bits per heavy atom. The number of hydrogen-bond donors (Lipinski definition) is 1. The predicted octanol–water partition coefficient (Wildman–Crippen LogP) is 4.51. The lowest BCUT2D eigenvalue weighted by atomic mass is 10.1. The summed E-state index contributed by atoms with van der Waals surface area (Å²) in [7, 11) is 0. The Balaban J connectivity index is 1.99. The minimum atomic E-state index is 0.738. The van der Waals surface area contributed by atoms with Crippen molar-refractivity contribution in [1.29, 1.82) is 0 Å². The molecule has 3 rings (SSSR count). The first kappa shape index (κ1) is 11.1.